The molecule has 0 aliphatic carbocycles. The number of carbonyl (C=O) groups is 1. The van der Waals surface area contributed by atoms with Gasteiger partial charge < -0.3 is 15.4 Å². The summed E-state index contributed by atoms with van der Waals surface area (Å²) < 4.78 is 7.87. The Labute approximate surface area is 210 Å². The average Bonchev–Trinajstić information content (AvgIpc) is 3.19. The van der Waals surface area contributed by atoms with Gasteiger partial charge in [0.05, 0.1) is 11.4 Å². The van der Waals surface area contributed by atoms with E-state index in [0.29, 0.717) is 35.6 Å². The van der Waals surface area contributed by atoms with Crippen LogP contribution >= 0.6 is 0 Å². The molecule has 2 N–H and O–H groups in total. The summed E-state index contributed by atoms with van der Waals surface area (Å²) in [5.41, 5.74) is 8.62. The molecule has 1 saturated heterocycles. The molecule has 1 aliphatic rings. The van der Waals surface area contributed by atoms with Gasteiger partial charge in [-0.15, -0.1) is 0 Å². The van der Waals surface area contributed by atoms with Gasteiger partial charge >= 0.3 is 0 Å². The molecule has 0 saturated carbocycles. The SMILES string of the molecule is C=CC(=O)N1CCC(C)(C)CC(n2nc(-c3ccc(Oc4ccccc4)cc3)c3c(N)ncnc32)C1. The first-order chi connectivity index (χ1) is 17.3. The van der Waals surface area contributed by atoms with Gasteiger partial charge in [-0.1, -0.05) is 38.6 Å². The van der Waals surface area contributed by atoms with Crippen LogP contribution in [-0.2, 0) is 4.79 Å². The van der Waals surface area contributed by atoms with Gasteiger partial charge in [0.25, 0.3) is 0 Å². The third-order valence-electron chi connectivity index (χ3n) is 6.73. The fourth-order valence-corrected chi connectivity index (χ4v) is 4.84. The molecule has 5 rings (SSSR count). The molecule has 184 valence electrons. The van der Waals surface area contributed by atoms with Crippen LogP contribution in [0.5, 0.6) is 11.5 Å². The van der Waals surface area contributed by atoms with Crippen LogP contribution in [0.2, 0.25) is 0 Å². The minimum Gasteiger partial charge on any atom is -0.457 e. The first-order valence-electron chi connectivity index (χ1n) is 12.1. The van der Waals surface area contributed by atoms with Crippen molar-refractivity contribution in [1.82, 2.24) is 24.6 Å². The first-order valence-corrected chi connectivity index (χ1v) is 12.1. The maximum atomic E-state index is 12.5. The first kappa shape index (κ1) is 23.5. The van der Waals surface area contributed by atoms with Gasteiger partial charge in [0.1, 0.15) is 29.3 Å². The molecule has 8 heteroatoms. The van der Waals surface area contributed by atoms with E-state index in [-0.39, 0.29) is 17.4 Å². The fourth-order valence-electron chi connectivity index (χ4n) is 4.84. The zero-order valence-electron chi connectivity index (χ0n) is 20.6. The van der Waals surface area contributed by atoms with Crippen LogP contribution < -0.4 is 10.5 Å². The molecule has 8 nitrogen and oxygen atoms in total. The fraction of sp³-hybridized carbons (Fsp3) is 0.286. The molecule has 0 spiro atoms. The lowest BCUT2D eigenvalue weighted by atomic mass is 9.84. The number of hydrogen-bond donors (Lipinski definition) is 1. The lowest BCUT2D eigenvalue weighted by Gasteiger charge is -2.26. The van der Waals surface area contributed by atoms with Crippen molar-refractivity contribution in [1.29, 1.82) is 0 Å². The van der Waals surface area contributed by atoms with Crippen molar-refractivity contribution >= 4 is 22.8 Å². The van der Waals surface area contributed by atoms with E-state index >= 15 is 0 Å². The lowest BCUT2D eigenvalue weighted by Crippen LogP contribution is -2.34. The van der Waals surface area contributed by atoms with Gasteiger partial charge in [-0.2, -0.15) is 5.10 Å². The molecule has 0 radical (unpaired) electrons. The highest BCUT2D eigenvalue weighted by atomic mass is 16.5. The average molecular weight is 483 g/mol. The molecular weight excluding hydrogens is 452 g/mol. The lowest BCUT2D eigenvalue weighted by molar-refractivity contribution is -0.126. The molecule has 1 fully saturated rings. The Morgan fingerprint density at radius 1 is 1.11 bits per heavy atom. The highest BCUT2D eigenvalue weighted by Crippen LogP contribution is 2.39. The number of likely N-dealkylation sites (tertiary alicyclic amines) is 1. The number of amides is 1. The molecule has 2 aromatic heterocycles. The number of carbonyl (C=O) groups excluding carboxylic acids is 1. The Balaban J connectivity index is 1.54. The Morgan fingerprint density at radius 2 is 1.83 bits per heavy atom. The molecular formula is C28H30N6O2. The van der Waals surface area contributed by atoms with Gasteiger partial charge in [-0.3, -0.25) is 4.79 Å². The van der Waals surface area contributed by atoms with E-state index < -0.39 is 0 Å². The van der Waals surface area contributed by atoms with Crippen molar-refractivity contribution in [2.45, 2.75) is 32.7 Å². The number of fused-ring (bicyclic) bond motifs is 1. The summed E-state index contributed by atoms with van der Waals surface area (Å²) in [7, 11) is 0. The molecule has 4 aromatic rings. The van der Waals surface area contributed by atoms with Crippen LogP contribution in [0.3, 0.4) is 0 Å². The number of benzene rings is 2. The summed E-state index contributed by atoms with van der Waals surface area (Å²) >= 11 is 0. The van der Waals surface area contributed by atoms with E-state index in [4.69, 9.17) is 15.6 Å². The van der Waals surface area contributed by atoms with Gasteiger partial charge in [-0.25, -0.2) is 14.6 Å². The number of ether oxygens (including phenoxy) is 1. The predicted molar refractivity (Wildman–Crippen MR) is 141 cm³/mol. The van der Waals surface area contributed by atoms with E-state index in [1.54, 1.807) is 0 Å². The van der Waals surface area contributed by atoms with Crippen molar-refractivity contribution in [3.05, 3.63) is 73.6 Å². The van der Waals surface area contributed by atoms with Gasteiger partial charge in [0.2, 0.25) is 5.91 Å². The number of aromatic nitrogens is 4. The summed E-state index contributed by atoms with van der Waals surface area (Å²) in [6, 6.07) is 17.3. The highest BCUT2D eigenvalue weighted by Gasteiger charge is 2.34. The number of hydrogen-bond acceptors (Lipinski definition) is 6. The Bertz CT molecular complexity index is 1400. The second-order valence-electron chi connectivity index (χ2n) is 9.95. The van der Waals surface area contributed by atoms with Gasteiger partial charge in [0, 0.05) is 18.7 Å². The number of para-hydroxylation sites is 1. The van der Waals surface area contributed by atoms with Crippen LogP contribution in [0.1, 0.15) is 32.7 Å². The minimum absolute atomic E-state index is 0.0221. The van der Waals surface area contributed by atoms with Crippen molar-refractivity contribution in [2.24, 2.45) is 5.41 Å². The molecule has 1 atom stereocenters. The highest BCUT2D eigenvalue weighted by molar-refractivity contribution is 5.98. The molecule has 1 unspecified atom stereocenters. The van der Waals surface area contributed by atoms with Gasteiger partial charge in [-0.05, 0) is 60.7 Å². The number of nitrogens with zero attached hydrogens (tertiary/aromatic N) is 5. The van der Waals surface area contributed by atoms with Crippen molar-refractivity contribution in [3.8, 4) is 22.8 Å². The third kappa shape index (κ3) is 4.66. The monoisotopic (exact) mass is 482 g/mol. The molecule has 36 heavy (non-hydrogen) atoms. The van der Waals surface area contributed by atoms with Crippen LogP contribution in [0.15, 0.2) is 73.6 Å². The minimum atomic E-state index is -0.0717. The van der Waals surface area contributed by atoms with Crippen molar-refractivity contribution in [3.63, 3.8) is 0 Å². The maximum Gasteiger partial charge on any atom is 0.246 e. The van der Waals surface area contributed by atoms with E-state index in [9.17, 15) is 4.79 Å². The largest absolute Gasteiger partial charge is 0.457 e. The van der Waals surface area contributed by atoms with Crippen LogP contribution in [0.4, 0.5) is 5.82 Å². The van der Waals surface area contributed by atoms with E-state index in [1.165, 1.54) is 12.4 Å². The quantitative estimate of drug-likeness (QED) is 0.390. The number of anilines is 1. The molecule has 0 bridgehead atoms. The molecule has 1 aliphatic heterocycles. The standard InChI is InChI=1S/C28H30N6O2/c1-4-23(35)33-15-14-28(2,3)16-20(17-33)34-27-24(26(29)30-18-31-27)25(32-34)19-10-12-22(13-11-19)36-21-8-6-5-7-9-21/h4-13,18,20H,1,14-17H2,2-3H3,(H2,29,30,31). The molecule has 1 amide bonds. The smallest absolute Gasteiger partial charge is 0.246 e. The van der Waals surface area contributed by atoms with Crippen LogP contribution in [0.25, 0.3) is 22.3 Å². The zero-order chi connectivity index (χ0) is 25.3. The number of nitrogens with two attached hydrogens (primary N) is 1. The summed E-state index contributed by atoms with van der Waals surface area (Å²) in [4.78, 5) is 23.2. The number of rotatable bonds is 5. The summed E-state index contributed by atoms with van der Waals surface area (Å²) in [5.74, 6) is 1.80. The van der Waals surface area contributed by atoms with E-state index in [2.05, 4.69) is 30.4 Å². The maximum absolute atomic E-state index is 12.5. The number of nitrogen functional groups attached to an aromatic ring is 1. The second-order valence-corrected chi connectivity index (χ2v) is 9.95. The Hall–Kier alpha value is -4.20. The van der Waals surface area contributed by atoms with Crippen molar-refractivity contribution in [2.75, 3.05) is 18.8 Å². The van der Waals surface area contributed by atoms with Crippen LogP contribution in [-0.4, -0.2) is 43.6 Å². The Morgan fingerprint density at radius 3 is 2.56 bits per heavy atom. The zero-order valence-corrected chi connectivity index (χ0v) is 20.6. The third-order valence-corrected chi connectivity index (χ3v) is 6.73. The summed E-state index contributed by atoms with van der Waals surface area (Å²) in [6.07, 6.45) is 4.58. The molecule has 2 aromatic carbocycles. The topological polar surface area (TPSA) is 99.2 Å². The molecule has 3 heterocycles. The van der Waals surface area contributed by atoms with Crippen molar-refractivity contribution < 1.29 is 9.53 Å². The van der Waals surface area contributed by atoms with E-state index in [0.717, 1.165) is 29.9 Å². The predicted octanol–water partition coefficient (Wildman–Crippen LogP) is 5.24. The Kier molecular flexibility index (Phi) is 6.18. The van der Waals surface area contributed by atoms with Crippen LogP contribution in [0, 0.1) is 5.41 Å². The van der Waals surface area contributed by atoms with Gasteiger partial charge in [0.15, 0.2) is 5.65 Å². The van der Waals surface area contributed by atoms with E-state index in [1.807, 2.05) is 64.2 Å². The second kappa shape index (κ2) is 9.45. The summed E-state index contributed by atoms with van der Waals surface area (Å²) in [5, 5.41) is 5.72. The summed E-state index contributed by atoms with van der Waals surface area (Å²) in [6.45, 7) is 9.34. The normalized spacial score (nSPS) is 17.5.